The number of fused-ring (bicyclic) bond motifs is 1. The van der Waals surface area contributed by atoms with Crippen LogP contribution in [0, 0.1) is 5.92 Å². The summed E-state index contributed by atoms with van der Waals surface area (Å²) in [6.07, 6.45) is 6.20. The number of aliphatic hydroxyl groups excluding tert-OH is 1. The van der Waals surface area contributed by atoms with Crippen LogP contribution in [0.5, 0.6) is 11.5 Å². The number of amides is 1. The highest BCUT2D eigenvalue weighted by atomic mass is 16.6. The van der Waals surface area contributed by atoms with E-state index in [1.54, 1.807) is 19.0 Å². The molecule has 2 fully saturated rings. The minimum absolute atomic E-state index is 0.00690. The van der Waals surface area contributed by atoms with Gasteiger partial charge in [-0.3, -0.25) is 9.69 Å². The van der Waals surface area contributed by atoms with Gasteiger partial charge in [-0.15, -0.1) is 0 Å². The molecule has 1 saturated carbocycles. The molecule has 7 heteroatoms. The molecule has 2 heterocycles. The third kappa shape index (κ3) is 5.94. The van der Waals surface area contributed by atoms with Gasteiger partial charge >= 0.3 is 0 Å². The zero-order chi connectivity index (χ0) is 26.5. The average molecular weight is 522 g/mol. The third-order valence-electron chi connectivity index (χ3n) is 8.56. The number of carbonyl (C=O) groups is 1. The van der Waals surface area contributed by atoms with Crippen molar-refractivity contribution < 1.29 is 19.4 Å². The molecular weight excluding hydrogens is 478 g/mol. The molecule has 1 saturated heterocycles. The van der Waals surface area contributed by atoms with Gasteiger partial charge in [0.15, 0.2) is 11.5 Å². The number of hydrogen-bond donors (Lipinski definition) is 1. The first-order valence-electron chi connectivity index (χ1n) is 14.4. The Hall–Kier alpha value is -2.77. The summed E-state index contributed by atoms with van der Waals surface area (Å²) in [7, 11) is 3.60. The minimum atomic E-state index is -0.430. The number of ether oxygens (including phenoxy) is 2. The number of hydrogen-bond acceptors (Lipinski definition) is 6. The van der Waals surface area contributed by atoms with Crippen LogP contribution in [-0.4, -0.2) is 87.0 Å². The molecule has 2 aromatic carbocycles. The monoisotopic (exact) mass is 521 g/mol. The van der Waals surface area contributed by atoms with E-state index < -0.39 is 6.10 Å². The summed E-state index contributed by atoms with van der Waals surface area (Å²) in [4.78, 5) is 19.6. The number of nitrogens with zero attached hydrogens (tertiary/aromatic N) is 3. The summed E-state index contributed by atoms with van der Waals surface area (Å²) in [5.41, 5.74) is 2.83. The second-order valence-electron chi connectivity index (χ2n) is 11.2. The molecule has 7 nitrogen and oxygen atoms in total. The Kier molecular flexibility index (Phi) is 8.75. The lowest BCUT2D eigenvalue weighted by molar-refractivity contribution is 0.0529. The first kappa shape index (κ1) is 26.8. The second-order valence-corrected chi connectivity index (χ2v) is 11.2. The fraction of sp³-hybridized carbons (Fsp3) is 0.581. The Bertz CT molecular complexity index is 1080. The van der Waals surface area contributed by atoms with Crippen molar-refractivity contribution in [3.05, 3.63) is 53.6 Å². The van der Waals surface area contributed by atoms with Crippen LogP contribution in [0.2, 0.25) is 0 Å². The van der Waals surface area contributed by atoms with Crippen molar-refractivity contribution in [1.29, 1.82) is 0 Å². The van der Waals surface area contributed by atoms with Crippen molar-refractivity contribution >= 4 is 11.6 Å². The largest absolute Gasteiger partial charge is 0.486 e. The van der Waals surface area contributed by atoms with E-state index in [0.717, 1.165) is 80.3 Å². The Morgan fingerprint density at radius 2 is 1.71 bits per heavy atom. The average Bonchev–Trinajstić information content (AvgIpc) is 2.97. The van der Waals surface area contributed by atoms with Gasteiger partial charge in [-0.05, 0) is 55.5 Å². The van der Waals surface area contributed by atoms with Crippen LogP contribution in [-0.2, 0) is 0 Å². The molecule has 2 aliphatic heterocycles. The van der Waals surface area contributed by atoms with Crippen molar-refractivity contribution in [1.82, 2.24) is 9.80 Å². The smallest absolute Gasteiger partial charge is 0.253 e. The highest BCUT2D eigenvalue weighted by molar-refractivity contribution is 5.95. The van der Waals surface area contributed by atoms with Gasteiger partial charge in [-0.25, -0.2) is 0 Å². The molecule has 38 heavy (non-hydrogen) atoms. The number of aliphatic hydroxyl groups is 1. The van der Waals surface area contributed by atoms with Crippen molar-refractivity contribution in [2.24, 2.45) is 5.92 Å². The molecule has 2 atom stereocenters. The Morgan fingerprint density at radius 1 is 0.974 bits per heavy atom. The third-order valence-corrected chi connectivity index (χ3v) is 8.56. The van der Waals surface area contributed by atoms with Gasteiger partial charge in [0.25, 0.3) is 5.91 Å². The summed E-state index contributed by atoms with van der Waals surface area (Å²) < 4.78 is 11.7. The van der Waals surface area contributed by atoms with Crippen LogP contribution in [0.25, 0.3) is 0 Å². The highest BCUT2D eigenvalue weighted by Crippen LogP contribution is 2.40. The summed E-state index contributed by atoms with van der Waals surface area (Å²) in [5.74, 6) is 1.96. The zero-order valence-electron chi connectivity index (χ0n) is 23.0. The molecular formula is C31H43N3O4. The summed E-state index contributed by atoms with van der Waals surface area (Å²) in [6, 6.07) is 14.1. The normalized spacial score (nSPS) is 20.1. The van der Waals surface area contributed by atoms with Crippen LogP contribution in [0.1, 0.15) is 60.4 Å². The molecule has 1 aliphatic carbocycles. The van der Waals surface area contributed by atoms with E-state index in [1.165, 1.54) is 19.3 Å². The van der Waals surface area contributed by atoms with Crippen LogP contribution in [0.3, 0.4) is 0 Å². The van der Waals surface area contributed by atoms with E-state index >= 15 is 0 Å². The minimum Gasteiger partial charge on any atom is -0.486 e. The number of benzene rings is 2. The van der Waals surface area contributed by atoms with E-state index in [2.05, 4.69) is 21.9 Å². The highest BCUT2D eigenvalue weighted by Gasteiger charge is 2.33. The zero-order valence-corrected chi connectivity index (χ0v) is 23.0. The maximum absolute atomic E-state index is 13.1. The number of rotatable bonds is 8. The van der Waals surface area contributed by atoms with Gasteiger partial charge in [0.2, 0.25) is 0 Å². The molecule has 0 radical (unpaired) electrons. The van der Waals surface area contributed by atoms with Gasteiger partial charge in [-0.2, -0.15) is 0 Å². The van der Waals surface area contributed by atoms with E-state index in [4.69, 9.17) is 9.47 Å². The molecule has 2 aromatic rings. The SMILES string of the molecule is CN(C)C(=O)c1ccccc1C(CCN1CCN(c2cccc3c2OCCO3)CC1)C(O)C1CCCCC1. The molecule has 0 bridgehead atoms. The molecule has 3 aliphatic rings. The number of anilines is 1. The first-order chi connectivity index (χ1) is 18.5. The fourth-order valence-corrected chi connectivity index (χ4v) is 6.41. The van der Waals surface area contributed by atoms with Crippen LogP contribution >= 0.6 is 0 Å². The lowest BCUT2D eigenvalue weighted by Crippen LogP contribution is -2.47. The van der Waals surface area contributed by atoms with E-state index in [1.807, 2.05) is 30.3 Å². The molecule has 1 N–H and O–H groups in total. The molecule has 0 aromatic heterocycles. The van der Waals surface area contributed by atoms with E-state index in [0.29, 0.717) is 19.1 Å². The van der Waals surface area contributed by atoms with Crippen LogP contribution < -0.4 is 14.4 Å². The maximum atomic E-state index is 13.1. The van der Waals surface area contributed by atoms with E-state index in [9.17, 15) is 9.90 Å². The topological polar surface area (TPSA) is 65.5 Å². The molecule has 206 valence electrons. The Morgan fingerprint density at radius 3 is 2.47 bits per heavy atom. The number of para-hydroxylation sites is 1. The van der Waals surface area contributed by atoms with E-state index in [-0.39, 0.29) is 11.8 Å². The van der Waals surface area contributed by atoms with Gasteiger partial charge < -0.3 is 24.4 Å². The van der Waals surface area contributed by atoms with Crippen molar-refractivity contribution in [2.75, 3.05) is 64.9 Å². The maximum Gasteiger partial charge on any atom is 0.253 e. The summed E-state index contributed by atoms with van der Waals surface area (Å²) >= 11 is 0. The van der Waals surface area contributed by atoms with Crippen LogP contribution in [0.15, 0.2) is 42.5 Å². The Balaban J connectivity index is 1.28. The second kappa shape index (κ2) is 12.4. The standard InChI is InChI=1S/C31H43N3O4/c1-32(2)31(36)26-12-7-6-11-24(26)25(29(35)23-9-4-3-5-10-23)15-16-33-17-19-34(20-18-33)27-13-8-14-28-30(27)38-22-21-37-28/h6-8,11-14,23,25,29,35H,3-5,9-10,15-22H2,1-2H3. The summed E-state index contributed by atoms with van der Waals surface area (Å²) in [5, 5.41) is 11.7. The van der Waals surface area contributed by atoms with Gasteiger partial charge in [0.1, 0.15) is 13.2 Å². The fourth-order valence-electron chi connectivity index (χ4n) is 6.41. The van der Waals surface area contributed by atoms with Gasteiger partial charge in [0.05, 0.1) is 11.8 Å². The van der Waals surface area contributed by atoms with Crippen LogP contribution in [0.4, 0.5) is 5.69 Å². The number of piperazine rings is 1. The lowest BCUT2D eigenvalue weighted by atomic mass is 9.76. The Labute approximate surface area is 227 Å². The predicted octanol–water partition coefficient (Wildman–Crippen LogP) is 4.40. The van der Waals surface area contributed by atoms with Crippen molar-refractivity contribution in [3.8, 4) is 11.5 Å². The summed E-state index contributed by atoms with van der Waals surface area (Å²) in [6.45, 7) is 5.84. The molecule has 0 spiro atoms. The van der Waals surface area contributed by atoms with Gasteiger partial charge in [-0.1, -0.05) is 43.5 Å². The van der Waals surface area contributed by atoms with Crippen molar-refractivity contribution in [2.45, 2.75) is 50.5 Å². The van der Waals surface area contributed by atoms with Gasteiger partial charge in [0, 0.05) is 51.8 Å². The quantitative estimate of drug-likeness (QED) is 0.556. The molecule has 5 rings (SSSR count). The first-order valence-corrected chi connectivity index (χ1v) is 14.4. The predicted molar refractivity (Wildman–Crippen MR) is 150 cm³/mol. The molecule has 1 amide bonds. The lowest BCUT2D eigenvalue weighted by Gasteiger charge is -2.39. The van der Waals surface area contributed by atoms with Crippen molar-refractivity contribution in [3.63, 3.8) is 0 Å². The number of carbonyl (C=O) groups excluding carboxylic acids is 1. The molecule has 2 unspecified atom stereocenters.